The summed E-state index contributed by atoms with van der Waals surface area (Å²) in [6.07, 6.45) is 1.46. The maximum Gasteiger partial charge on any atom is 0.257 e. The predicted octanol–water partition coefficient (Wildman–Crippen LogP) is 1.31. The number of sulfonamides is 1. The number of anilines is 2. The first-order valence-corrected chi connectivity index (χ1v) is 11.8. The number of aromatic nitrogens is 4. The van der Waals surface area contributed by atoms with E-state index in [0.717, 1.165) is 9.87 Å². The molecule has 1 aromatic heterocycles. The van der Waals surface area contributed by atoms with Crippen LogP contribution in [0.25, 0.3) is 5.69 Å². The number of amides is 1. The van der Waals surface area contributed by atoms with E-state index in [2.05, 4.69) is 20.8 Å². The normalized spacial score (nSPS) is 14.5. The van der Waals surface area contributed by atoms with Gasteiger partial charge in [-0.15, -0.1) is 5.10 Å². The zero-order valence-corrected chi connectivity index (χ0v) is 19.4. The fourth-order valence-electron chi connectivity index (χ4n) is 3.50. The van der Waals surface area contributed by atoms with Crippen LogP contribution >= 0.6 is 0 Å². The van der Waals surface area contributed by atoms with Crippen LogP contribution in [0.15, 0.2) is 47.6 Å². The molecule has 12 heteroatoms. The molecule has 0 bridgehead atoms. The molecule has 0 spiro atoms. The van der Waals surface area contributed by atoms with E-state index in [1.807, 2.05) is 24.0 Å². The Balaban J connectivity index is 1.73. The third-order valence-corrected chi connectivity index (χ3v) is 7.24. The average Bonchev–Trinajstić information content (AvgIpc) is 3.35. The monoisotopic (exact) mass is 471 g/mol. The summed E-state index contributed by atoms with van der Waals surface area (Å²) in [4.78, 5) is 15.5. The molecule has 1 fully saturated rings. The summed E-state index contributed by atoms with van der Waals surface area (Å²) >= 11 is 0. The summed E-state index contributed by atoms with van der Waals surface area (Å²) in [6.45, 7) is 4.15. The van der Waals surface area contributed by atoms with E-state index in [4.69, 9.17) is 4.74 Å². The number of hydrogen-bond acceptors (Lipinski definition) is 8. The van der Waals surface area contributed by atoms with Crippen LogP contribution in [0.2, 0.25) is 0 Å². The highest BCUT2D eigenvalue weighted by Gasteiger charge is 2.24. The smallest absolute Gasteiger partial charge is 0.257 e. The fourth-order valence-corrected chi connectivity index (χ4v) is 4.43. The number of carbonyl (C=O) groups excluding carboxylic acids is 1. The van der Waals surface area contributed by atoms with E-state index in [1.54, 1.807) is 12.1 Å². The Morgan fingerprint density at radius 1 is 1.12 bits per heavy atom. The van der Waals surface area contributed by atoms with Crippen molar-refractivity contribution in [3.05, 3.63) is 53.9 Å². The topological polar surface area (TPSA) is 123 Å². The summed E-state index contributed by atoms with van der Waals surface area (Å²) in [5.41, 5.74) is 3.01. The third-order valence-electron chi connectivity index (χ3n) is 5.43. The van der Waals surface area contributed by atoms with Crippen LogP contribution in [0.1, 0.15) is 15.9 Å². The van der Waals surface area contributed by atoms with Gasteiger partial charge in [-0.25, -0.2) is 17.4 Å². The standard InChI is InChI=1S/C21H25N7O4S/c1-15-4-5-16(28-14-22-24-25-28)12-19(15)23-21(29)18-13-17(33(30,31)26(2)3)6-7-20(18)27-8-10-32-11-9-27/h4-7,12-14H,8-11H2,1-3H3,(H,23,29). The Hall–Kier alpha value is -3.35. The first kappa shape index (κ1) is 22.8. The number of tetrazole rings is 1. The highest BCUT2D eigenvalue weighted by atomic mass is 32.2. The Morgan fingerprint density at radius 3 is 2.55 bits per heavy atom. The molecule has 11 nitrogen and oxygen atoms in total. The van der Waals surface area contributed by atoms with Crippen molar-refractivity contribution < 1.29 is 17.9 Å². The van der Waals surface area contributed by atoms with Crippen LogP contribution in [0.4, 0.5) is 11.4 Å². The lowest BCUT2D eigenvalue weighted by Gasteiger charge is -2.30. The van der Waals surface area contributed by atoms with Crippen molar-refractivity contribution in [1.29, 1.82) is 0 Å². The van der Waals surface area contributed by atoms with Gasteiger partial charge in [0.05, 0.1) is 29.4 Å². The van der Waals surface area contributed by atoms with Gasteiger partial charge >= 0.3 is 0 Å². The fraction of sp³-hybridized carbons (Fsp3) is 0.333. The van der Waals surface area contributed by atoms with Crippen LogP contribution in [-0.2, 0) is 14.8 Å². The Kier molecular flexibility index (Phi) is 6.40. The molecule has 4 rings (SSSR count). The maximum atomic E-state index is 13.5. The van der Waals surface area contributed by atoms with E-state index < -0.39 is 15.9 Å². The largest absolute Gasteiger partial charge is 0.378 e. The summed E-state index contributed by atoms with van der Waals surface area (Å²) in [5.74, 6) is -0.413. The summed E-state index contributed by atoms with van der Waals surface area (Å²) in [6, 6.07) is 10.1. The summed E-state index contributed by atoms with van der Waals surface area (Å²) in [5, 5.41) is 14.1. The molecule has 1 aliphatic rings. The van der Waals surface area contributed by atoms with E-state index in [-0.39, 0.29) is 10.5 Å². The summed E-state index contributed by atoms with van der Waals surface area (Å²) < 4.78 is 33.5. The van der Waals surface area contributed by atoms with Gasteiger partial charge in [-0.1, -0.05) is 6.07 Å². The number of aryl methyl sites for hydroxylation is 1. The van der Waals surface area contributed by atoms with Gasteiger partial charge in [-0.3, -0.25) is 4.79 Å². The number of hydrogen-bond donors (Lipinski definition) is 1. The molecule has 0 saturated carbocycles. The van der Waals surface area contributed by atoms with Crippen LogP contribution < -0.4 is 10.2 Å². The number of carbonyl (C=O) groups is 1. The molecule has 0 atom stereocenters. The molecule has 1 amide bonds. The summed E-state index contributed by atoms with van der Waals surface area (Å²) in [7, 11) is -0.799. The minimum atomic E-state index is -3.71. The van der Waals surface area contributed by atoms with E-state index in [9.17, 15) is 13.2 Å². The molecule has 0 unspecified atom stereocenters. The van der Waals surface area contributed by atoms with Gasteiger partial charge in [0.1, 0.15) is 6.33 Å². The number of rotatable bonds is 6. The lowest BCUT2D eigenvalue weighted by atomic mass is 10.1. The van der Waals surface area contributed by atoms with E-state index in [1.165, 1.54) is 37.2 Å². The molecule has 1 aliphatic heterocycles. The van der Waals surface area contributed by atoms with E-state index in [0.29, 0.717) is 43.4 Å². The molecular weight excluding hydrogens is 446 g/mol. The second kappa shape index (κ2) is 9.25. The van der Waals surface area contributed by atoms with Crippen molar-refractivity contribution in [3.63, 3.8) is 0 Å². The van der Waals surface area contributed by atoms with Crippen molar-refractivity contribution in [2.45, 2.75) is 11.8 Å². The number of ether oxygens (including phenoxy) is 1. The van der Waals surface area contributed by atoms with Gasteiger partial charge in [-0.2, -0.15) is 0 Å². The first-order chi connectivity index (χ1) is 15.8. The third kappa shape index (κ3) is 4.72. The second-order valence-electron chi connectivity index (χ2n) is 7.77. The zero-order chi connectivity index (χ0) is 23.6. The lowest BCUT2D eigenvalue weighted by molar-refractivity contribution is 0.102. The van der Waals surface area contributed by atoms with Crippen molar-refractivity contribution in [3.8, 4) is 5.69 Å². The van der Waals surface area contributed by atoms with Crippen molar-refractivity contribution in [1.82, 2.24) is 24.5 Å². The molecule has 2 heterocycles. The molecule has 0 radical (unpaired) electrons. The molecule has 1 N–H and O–H groups in total. The first-order valence-electron chi connectivity index (χ1n) is 10.3. The van der Waals surface area contributed by atoms with Gasteiger partial charge in [0.15, 0.2) is 0 Å². The van der Waals surface area contributed by atoms with Crippen molar-refractivity contribution in [2.75, 3.05) is 50.6 Å². The highest BCUT2D eigenvalue weighted by Crippen LogP contribution is 2.28. The maximum absolute atomic E-state index is 13.5. The molecule has 0 aliphatic carbocycles. The number of benzene rings is 2. The predicted molar refractivity (Wildman–Crippen MR) is 122 cm³/mol. The Labute approximate surface area is 192 Å². The molecule has 1 saturated heterocycles. The number of nitrogens with one attached hydrogen (secondary N) is 1. The molecular formula is C21H25N7O4S. The quantitative estimate of drug-likeness (QED) is 0.571. The Bertz CT molecular complexity index is 1250. The van der Waals surface area contributed by atoms with Crippen LogP contribution in [0.5, 0.6) is 0 Å². The molecule has 174 valence electrons. The molecule has 33 heavy (non-hydrogen) atoms. The molecule has 2 aromatic carbocycles. The van der Waals surface area contributed by atoms with Crippen molar-refractivity contribution >= 4 is 27.3 Å². The average molecular weight is 472 g/mol. The van der Waals surface area contributed by atoms with Gasteiger partial charge < -0.3 is 15.0 Å². The lowest BCUT2D eigenvalue weighted by Crippen LogP contribution is -2.37. The van der Waals surface area contributed by atoms with Gasteiger partial charge in [0.25, 0.3) is 5.91 Å². The highest BCUT2D eigenvalue weighted by molar-refractivity contribution is 7.89. The van der Waals surface area contributed by atoms with Gasteiger partial charge in [-0.05, 0) is 53.2 Å². The number of morpholine rings is 1. The SMILES string of the molecule is Cc1ccc(-n2cnnn2)cc1NC(=O)c1cc(S(=O)(=O)N(C)C)ccc1N1CCOCC1. The van der Waals surface area contributed by atoms with Crippen LogP contribution in [-0.4, -0.2) is 79.2 Å². The minimum absolute atomic E-state index is 0.0498. The van der Waals surface area contributed by atoms with Gasteiger partial charge in [0.2, 0.25) is 10.0 Å². The van der Waals surface area contributed by atoms with E-state index >= 15 is 0 Å². The second-order valence-corrected chi connectivity index (χ2v) is 9.93. The molecule has 3 aromatic rings. The van der Waals surface area contributed by atoms with Crippen LogP contribution in [0.3, 0.4) is 0 Å². The minimum Gasteiger partial charge on any atom is -0.378 e. The van der Waals surface area contributed by atoms with Crippen LogP contribution in [0, 0.1) is 6.92 Å². The van der Waals surface area contributed by atoms with Crippen molar-refractivity contribution in [2.24, 2.45) is 0 Å². The zero-order valence-electron chi connectivity index (χ0n) is 18.6. The van der Waals surface area contributed by atoms with Gasteiger partial charge in [0, 0.05) is 38.6 Å². The Morgan fingerprint density at radius 2 is 1.88 bits per heavy atom. The number of nitrogens with zero attached hydrogens (tertiary/aromatic N) is 6.